The first-order chi connectivity index (χ1) is 2.00. The van der Waals surface area contributed by atoms with Gasteiger partial charge in [0.15, 0.2) is 0 Å². The molecule has 0 rings (SSSR count). The average Bonchev–Trinajstić information content (AvgIpc) is 0.722. The molecule has 7 heteroatoms. The summed E-state index contributed by atoms with van der Waals surface area (Å²) < 4.78 is 31.6. The Bertz CT molecular complexity index is 94.9. The number of hydrogen-bond acceptors (Lipinski definition) is 2. The van der Waals surface area contributed by atoms with Crippen LogP contribution in [0.3, 0.4) is 0 Å². The molecule has 0 saturated heterocycles. The van der Waals surface area contributed by atoms with Crippen LogP contribution in [0.5, 0.6) is 0 Å². The molecule has 0 aliphatic rings. The summed E-state index contributed by atoms with van der Waals surface area (Å²) in [5.74, 6) is 0. The summed E-state index contributed by atoms with van der Waals surface area (Å²) in [4.78, 5) is 0. The minimum absolute atomic E-state index is 0. The molecule has 0 aromatic carbocycles. The summed E-state index contributed by atoms with van der Waals surface area (Å²) in [5, 5.41) is 0. The molecule has 0 aliphatic carbocycles. The molecule has 0 aromatic heterocycles. The topological polar surface area (TPSA) is 74.6 Å². The van der Waals surface area contributed by atoms with Crippen molar-refractivity contribution in [3.8, 4) is 0 Å². The van der Waals surface area contributed by atoms with E-state index in [1.54, 1.807) is 0 Å². The van der Waals surface area contributed by atoms with E-state index in [0.717, 1.165) is 0 Å². The van der Waals surface area contributed by atoms with Gasteiger partial charge in [-0.15, -0.1) is 0 Å². The van der Waals surface area contributed by atoms with Gasteiger partial charge in [-0.25, -0.2) is 0 Å². The zero-order valence-electron chi connectivity index (χ0n) is 2.12. The summed E-state index contributed by atoms with van der Waals surface area (Å²) >= 11 is 0. The Kier molecular flexibility index (Phi) is 16.6. The van der Waals surface area contributed by atoms with Crippen molar-refractivity contribution in [1.82, 2.24) is 0 Å². The normalized spacial score (nSPS) is 8.29. The molecule has 0 atom stereocenters. The van der Waals surface area contributed by atoms with Crippen LogP contribution in [-0.4, -0.2) is 113 Å². The monoisotopic (exact) mass is 226 g/mol. The Hall–Kier alpha value is 2.93. The second-order valence-corrected chi connectivity index (χ2v) is 1.34. The molecule has 7 heavy (non-hydrogen) atoms. The van der Waals surface area contributed by atoms with Crippen molar-refractivity contribution < 1.29 is 17.5 Å². The van der Waals surface area contributed by atoms with Crippen molar-refractivity contribution in [2.75, 3.05) is 0 Å². The second kappa shape index (κ2) is 7.05. The van der Waals surface area contributed by atoms with Crippen LogP contribution in [0.25, 0.3) is 0 Å². The molecule has 0 radical (unpaired) electrons. The van der Waals surface area contributed by atoms with Crippen molar-refractivity contribution >= 4 is 106 Å². The third kappa shape index (κ3) is 49.9. The Morgan fingerprint density at radius 2 is 1.14 bits per heavy atom. The van der Waals surface area contributed by atoms with Crippen LogP contribution >= 0.6 is 0 Å². The first kappa shape index (κ1) is 16.5. The maximum absolute atomic E-state index is 8.74. The van der Waals surface area contributed by atoms with Gasteiger partial charge in [0, 0.05) is 0 Å². The van der Waals surface area contributed by atoms with Gasteiger partial charge in [-0.05, 0) is 0 Å². The van der Waals surface area contributed by atoms with E-state index < -0.39 is 10.4 Å². The molecule has 0 amide bonds. The predicted octanol–water partition coefficient (Wildman–Crippen LogP) is -2.22. The van der Waals surface area contributed by atoms with E-state index in [1.165, 1.54) is 0 Å². The third-order valence-corrected chi connectivity index (χ3v) is 0. The van der Waals surface area contributed by atoms with Crippen molar-refractivity contribution in [1.29, 1.82) is 0 Å². The fraction of sp³-hybridized carbons (Fsp3) is 0. The van der Waals surface area contributed by atoms with Gasteiger partial charge in [0.1, 0.15) is 0 Å². The van der Waals surface area contributed by atoms with E-state index >= 15 is 0 Å². The summed E-state index contributed by atoms with van der Waals surface area (Å²) in [6.45, 7) is 0. The van der Waals surface area contributed by atoms with Crippen LogP contribution in [0.1, 0.15) is 0 Å². The van der Waals surface area contributed by atoms with Crippen LogP contribution in [0, 0.1) is 0 Å². The maximum atomic E-state index is 8.74. The molecule has 0 saturated carbocycles. The molecule has 38 valence electrons. The summed E-state index contributed by atoms with van der Waals surface area (Å²) in [7, 11) is -4.67. The van der Waals surface area contributed by atoms with Gasteiger partial charge in [0.25, 0.3) is 0 Å². The van der Waals surface area contributed by atoms with Crippen LogP contribution in [0.2, 0.25) is 0 Å². The van der Waals surface area contributed by atoms with Crippen molar-refractivity contribution in [3.63, 3.8) is 0 Å². The zero-order chi connectivity index (χ0) is 4.50. The Labute approximate surface area is 120 Å². The van der Waals surface area contributed by atoms with Crippen molar-refractivity contribution in [2.45, 2.75) is 0 Å². The first-order valence-electron chi connectivity index (χ1n) is 0.698. The van der Waals surface area contributed by atoms with Crippen LogP contribution < -0.4 is 0 Å². The summed E-state index contributed by atoms with van der Waals surface area (Å²) in [6.07, 6.45) is 0. The van der Waals surface area contributed by atoms with E-state index in [4.69, 9.17) is 17.5 Å². The van der Waals surface area contributed by atoms with E-state index in [9.17, 15) is 0 Å². The molecule has 0 unspecified atom stereocenters. The number of rotatable bonds is 0. The van der Waals surface area contributed by atoms with Crippen molar-refractivity contribution in [3.05, 3.63) is 0 Å². The third-order valence-electron chi connectivity index (χ3n) is 0. The average molecular weight is 227 g/mol. The Morgan fingerprint density at radius 1 is 1.14 bits per heavy atom. The fourth-order valence-corrected chi connectivity index (χ4v) is 0. The molecular formula is H5CaO4RbS. The molecule has 0 aliphatic heterocycles. The summed E-state index contributed by atoms with van der Waals surface area (Å²) in [6, 6.07) is 0. The Morgan fingerprint density at radius 3 is 1.14 bits per heavy atom. The van der Waals surface area contributed by atoms with Gasteiger partial charge >= 0.3 is 106 Å². The van der Waals surface area contributed by atoms with Gasteiger partial charge in [-0.3, -0.25) is 9.11 Å². The molecule has 0 heterocycles. The van der Waals surface area contributed by atoms with Gasteiger partial charge in [-0.1, -0.05) is 0 Å². The summed E-state index contributed by atoms with van der Waals surface area (Å²) in [5.41, 5.74) is 0. The standard InChI is InChI=1S/Ca.H2O4S.Rb.3H/c;1-5(2,3)4;;;;/h;(H2,1,2,3,4);;;;. The minimum atomic E-state index is -4.67. The molecule has 4 nitrogen and oxygen atoms in total. The van der Waals surface area contributed by atoms with Gasteiger partial charge < -0.3 is 0 Å². The van der Waals surface area contributed by atoms with Crippen molar-refractivity contribution in [2.24, 2.45) is 0 Å². The van der Waals surface area contributed by atoms with Crippen LogP contribution in [0.15, 0.2) is 0 Å². The molecule has 0 bridgehead atoms. The zero-order valence-corrected chi connectivity index (χ0v) is 2.94. The fourth-order valence-electron chi connectivity index (χ4n) is 0. The van der Waals surface area contributed by atoms with Gasteiger partial charge in [-0.2, -0.15) is 8.42 Å². The number of hydrogen-bond donors (Lipinski definition) is 2. The quantitative estimate of drug-likeness (QED) is 0.363. The first-order valence-corrected chi connectivity index (χ1v) is 2.10. The van der Waals surface area contributed by atoms with Gasteiger partial charge in [0.05, 0.1) is 0 Å². The van der Waals surface area contributed by atoms with E-state index in [2.05, 4.69) is 0 Å². The second-order valence-electron chi connectivity index (χ2n) is 0.448. The Balaban J connectivity index is -0.0000000800. The van der Waals surface area contributed by atoms with E-state index in [1.807, 2.05) is 0 Å². The van der Waals surface area contributed by atoms with Gasteiger partial charge in [0.2, 0.25) is 0 Å². The molecule has 0 fully saturated rings. The van der Waals surface area contributed by atoms with Crippen LogP contribution in [0.4, 0.5) is 0 Å². The molecule has 0 aromatic rings. The van der Waals surface area contributed by atoms with E-state index in [-0.39, 0.29) is 95.9 Å². The van der Waals surface area contributed by atoms with E-state index in [0.29, 0.717) is 0 Å². The van der Waals surface area contributed by atoms with Crippen LogP contribution in [-0.2, 0) is 10.4 Å². The SMILES string of the molecule is O=S(=O)(O)O.[CaH2].[RbH]. The molecule has 2 N–H and O–H groups in total. The predicted molar refractivity (Wildman–Crippen MR) is 29.9 cm³/mol. The molecule has 0 spiro atoms. The molecular weight excluding hydrogens is 222 g/mol.